The highest BCUT2D eigenvalue weighted by Crippen LogP contribution is 2.13. The molecule has 0 heterocycles. The standard InChI is InChI=1S/C13H18O4/c1-3-17-13(14)7-8-16-10-11-5-4-6-12(9-11)15-2/h4-6,9H,3,7-8,10H2,1-2H3. The van der Waals surface area contributed by atoms with Crippen molar-refractivity contribution in [2.24, 2.45) is 0 Å². The van der Waals surface area contributed by atoms with Crippen LogP contribution in [0.1, 0.15) is 18.9 Å². The lowest BCUT2D eigenvalue weighted by Gasteiger charge is -2.06. The number of carbonyl (C=O) groups excluding carboxylic acids is 1. The van der Waals surface area contributed by atoms with E-state index >= 15 is 0 Å². The van der Waals surface area contributed by atoms with Crippen LogP contribution in [-0.4, -0.2) is 26.3 Å². The van der Waals surface area contributed by atoms with E-state index in [1.807, 2.05) is 24.3 Å². The number of rotatable bonds is 7. The van der Waals surface area contributed by atoms with Crippen LogP contribution in [0.25, 0.3) is 0 Å². The molecule has 0 aliphatic carbocycles. The molecule has 0 unspecified atom stereocenters. The Hall–Kier alpha value is -1.55. The number of methoxy groups -OCH3 is 1. The van der Waals surface area contributed by atoms with Gasteiger partial charge in [0, 0.05) is 0 Å². The third-order valence-corrected chi connectivity index (χ3v) is 2.16. The Bertz CT molecular complexity index is 349. The number of esters is 1. The highest BCUT2D eigenvalue weighted by molar-refractivity contribution is 5.69. The average Bonchev–Trinajstić information content (AvgIpc) is 2.35. The summed E-state index contributed by atoms with van der Waals surface area (Å²) in [6.45, 7) is 3.04. The fourth-order valence-corrected chi connectivity index (χ4v) is 1.34. The zero-order chi connectivity index (χ0) is 12.5. The molecule has 94 valence electrons. The molecule has 1 rings (SSSR count). The van der Waals surface area contributed by atoms with E-state index in [9.17, 15) is 4.79 Å². The largest absolute Gasteiger partial charge is 0.497 e. The quantitative estimate of drug-likeness (QED) is 0.539. The molecule has 17 heavy (non-hydrogen) atoms. The van der Waals surface area contributed by atoms with Crippen molar-refractivity contribution >= 4 is 5.97 Å². The fourth-order valence-electron chi connectivity index (χ4n) is 1.34. The van der Waals surface area contributed by atoms with E-state index in [0.717, 1.165) is 11.3 Å². The van der Waals surface area contributed by atoms with Crippen molar-refractivity contribution in [1.29, 1.82) is 0 Å². The van der Waals surface area contributed by atoms with E-state index in [-0.39, 0.29) is 12.4 Å². The molecule has 0 bridgehead atoms. The van der Waals surface area contributed by atoms with Gasteiger partial charge in [0.25, 0.3) is 0 Å². The minimum atomic E-state index is -0.224. The molecule has 0 aliphatic heterocycles. The van der Waals surface area contributed by atoms with Crippen LogP contribution in [0.5, 0.6) is 5.75 Å². The van der Waals surface area contributed by atoms with Crippen molar-refractivity contribution in [3.63, 3.8) is 0 Å². The summed E-state index contributed by atoms with van der Waals surface area (Å²) in [5.41, 5.74) is 1.02. The van der Waals surface area contributed by atoms with Gasteiger partial charge in [0.05, 0.1) is 33.4 Å². The molecular formula is C13H18O4. The molecule has 0 saturated heterocycles. The first-order valence-corrected chi connectivity index (χ1v) is 5.62. The third-order valence-electron chi connectivity index (χ3n) is 2.16. The molecule has 0 radical (unpaired) electrons. The zero-order valence-corrected chi connectivity index (χ0v) is 10.3. The first-order chi connectivity index (χ1) is 8.26. The van der Waals surface area contributed by atoms with Gasteiger partial charge in [0.1, 0.15) is 5.75 Å². The van der Waals surface area contributed by atoms with Crippen LogP contribution in [0.2, 0.25) is 0 Å². The van der Waals surface area contributed by atoms with Crippen LogP contribution in [0.3, 0.4) is 0 Å². The van der Waals surface area contributed by atoms with E-state index < -0.39 is 0 Å². The van der Waals surface area contributed by atoms with E-state index in [1.54, 1.807) is 14.0 Å². The van der Waals surface area contributed by atoms with Gasteiger partial charge in [-0.15, -0.1) is 0 Å². The minimum absolute atomic E-state index is 0.224. The van der Waals surface area contributed by atoms with Gasteiger partial charge < -0.3 is 14.2 Å². The van der Waals surface area contributed by atoms with Crippen LogP contribution in [0.4, 0.5) is 0 Å². The summed E-state index contributed by atoms with van der Waals surface area (Å²) in [7, 11) is 1.63. The second kappa shape index (κ2) is 7.68. The summed E-state index contributed by atoms with van der Waals surface area (Å²) in [5.74, 6) is 0.578. The lowest BCUT2D eigenvalue weighted by Crippen LogP contribution is -2.08. The molecule has 0 fully saturated rings. The highest BCUT2D eigenvalue weighted by atomic mass is 16.5. The van der Waals surface area contributed by atoms with Crippen molar-refractivity contribution in [1.82, 2.24) is 0 Å². The third kappa shape index (κ3) is 5.36. The molecule has 0 amide bonds. The van der Waals surface area contributed by atoms with Crippen LogP contribution >= 0.6 is 0 Å². The lowest BCUT2D eigenvalue weighted by molar-refractivity contribution is -0.144. The second-order valence-corrected chi connectivity index (χ2v) is 3.46. The summed E-state index contributed by atoms with van der Waals surface area (Å²) >= 11 is 0. The molecule has 1 aromatic carbocycles. The van der Waals surface area contributed by atoms with Crippen molar-refractivity contribution in [3.8, 4) is 5.75 Å². The minimum Gasteiger partial charge on any atom is -0.497 e. The Morgan fingerprint density at radius 2 is 2.18 bits per heavy atom. The number of ether oxygens (including phenoxy) is 3. The van der Waals surface area contributed by atoms with Crippen molar-refractivity contribution in [2.75, 3.05) is 20.3 Å². The summed E-state index contributed by atoms with van der Waals surface area (Å²) in [4.78, 5) is 11.0. The number of benzene rings is 1. The molecule has 0 aliphatic rings. The molecule has 0 aromatic heterocycles. The molecule has 0 spiro atoms. The first-order valence-electron chi connectivity index (χ1n) is 5.62. The second-order valence-electron chi connectivity index (χ2n) is 3.46. The number of hydrogen-bond donors (Lipinski definition) is 0. The first kappa shape index (κ1) is 13.5. The molecule has 1 aromatic rings. The molecule has 0 N–H and O–H groups in total. The van der Waals surface area contributed by atoms with Crippen LogP contribution in [-0.2, 0) is 20.9 Å². The number of hydrogen-bond acceptors (Lipinski definition) is 4. The zero-order valence-electron chi connectivity index (χ0n) is 10.3. The van der Waals surface area contributed by atoms with E-state index in [1.165, 1.54) is 0 Å². The highest BCUT2D eigenvalue weighted by Gasteiger charge is 2.01. The smallest absolute Gasteiger partial charge is 0.308 e. The summed E-state index contributed by atoms with van der Waals surface area (Å²) in [5, 5.41) is 0. The maximum absolute atomic E-state index is 11.0. The van der Waals surface area contributed by atoms with Crippen LogP contribution in [0, 0.1) is 0 Å². The molecule has 4 nitrogen and oxygen atoms in total. The van der Waals surface area contributed by atoms with Gasteiger partial charge in [-0.1, -0.05) is 12.1 Å². The van der Waals surface area contributed by atoms with Crippen LogP contribution < -0.4 is 4.74 Å². The van der Waals surface area contributed by atoms with Crippen molar-refractivity contribution < 1.29 is 19.0 Å². The topological polar surface area (TPSA) is 44.8 Å². The Kier molecular flexibility index (Phi) is 6.10. The Labute approximate surface area is 101 Å². The van der Waals surface area contributed by atoms with Gasteiger partial charge in [-0.3, -0.25) is 4.79 Å². The van der Waals surface area contributed by atoms with E-state index in [0.29, 0.717) is 19.8 Å². The Balaban J connectivity index is 2.24. The van der Waals surface area contributed by atoms with Gasteiger partial charge in [-0.2, -0.15) is 0 Å². The molecular weight excluding hydrogens is 220 g/mol. The van der Waals surface area contributed by atoms with E-state index in [2.05, 4.69) is 0 Å². The van der Waals surface area contributed by atoms with Gasteiger partial charge in [0.15, 0.2) is 0 Å². The monoisotopic (exact) mass is 238 g/mol. The predicted octanol–water partition coefficient (Wildman–Crippen LogP) is 2.17. The normalized spacial score (nSPS) is 10.0. The lowest BCUT2D eigenvalue weighted by atomic mass is 10.2. The Morgan fingerprint density at radius 1 is 1.35 bits per heavy atom. The number of carbonyl (C=O) groups is 1. The van der Waals surface area contributed by atoms with Gasteiger partial charge in [-0.25, -0.2) is 0 Å². The van der Waals surface area contributed by atoms with Gasteiger partial charge in [-0.05, 0) is 24.6 Å². The van der Waals surface area contributed by atoms with Gasteiger partial charge in [0.2, 0.25) is 0 Å². The van der Waals surface area contributed by atoms with Crippen LogP contribution in [0.15, 0.2) is 24.3 Å². The van der Waals surface area contributed by atoms with Crippen molar-refractivity contribution in [3.05, 3.63) is 29.8 Å². The van der Waals surface area contributed by atoms with Crippen molar-refractivity contribution in [2.45, 2.75) is 20.0 Å². The SMILES string of the molecule is CCOC(=O)CCOCc1cccc(OC)c1. The molecule has 0 saturated carbocycles. The molecule has 4 heteroatoms. The average molecular weight is 238 g/mol. The fraction of sp³-hybridized carbons (Fsp3) is 0.462. The maximum Gasteiger partial charge on any atom is 0.308 e. The van der Waals surface area contributed by atoms with E-state index in [4.69, 9.17) is 14.2 Å². The molecule has 0 atom stereocenters. The summed E-state index contributed by atoms with van der Waals surface area (Å²) in [6, 6.07) is 7.64. The summed E-state index contributed by atoms with van der Waals surface area (Å²) in [6.07, 6.45) is 0.289. The maximum atomic E-state index is 11.0. The Morgan fingerprint density at radius 3 is 2.88 bits per heavy atom. The van der Waals surface area contributed by atoms with Gasteiger partial charge >= 0.3 is 5.97 Å². The summed E-state index contributed by atoms with van der Waals surface area (Å²) < 4.78 is 15.3. The predicted molar refractivity (Wildman–Crippen MR) is 63.9 cm³/mol.